The molecule has 0 aliphatic heterocycles. The summed E-state index contributed by atoms with van der Waals surface area (Å²) < 4.78 is 6.09. The third-order valence-electron chi connectivity index (χ3n) is 2.70. The van der Waals surface area contributed by atoms with Crippen LogP contribution in [0, 0.1) is 0 Å². The van der Waals surface area contributed by atoms with Crippen molar-refractivity contribution >= 4 is 42.8 Å². The number of hydrogen-bond donors (Lipinski definition) is 0. The topological polar surface area (TPSA) is 30.2 Å². The fourth-order valence-electron chi connectivity index (χ4n) is 1.75. The van der Waals surface area contributed by atoms with E-state index in [-0.39, 0.29) is 5.42 Å². The van der Waals surface area contributed by atoms with Crippen LogP contribution < -0.4 is 10.8 Å². The van der Waals surface area contributed by atoms with Gasteiger partial charge in [0.25, 0.3) is 0 Å². The molecular formula is C13H16Br2O2. The predicted molar refractivity (Wildman–Crippen MR) is 76.3 cm³/mol. The first-order valence-electron chi connectivity index (χ1n) is 5.87. The zero-order chi connectivity index (χ0) is 12.7. The van der Waals surface area contributed by atoms with E-state index in [1.165, 1.54) is 25.7 Å². The maximum Gasteiger partial charge on any atom is 0.225 e. The molecule has 17 heavy (non-hydrogen) atoms. The van der Waals surface area contributed by atoms with Crippen LogP contribution in [-0.4, -0.2) is 5.94 Å². The van der Waals surface area contributed by atoms with Crippen molar-refractivity contribution < 1.29 is 9.21 Å². The molecule has 1 rings (SSSR count). The normalized spacial score (nSPS) is 11.8. The highest BCUT2D eigenvalue weighted by Crippen LogP contribution is 2.13. The summed E-state index contributed by atoms with van der Waals surface area (Å²) in [5.41, 5.74) is 2.02. The summed E-state index contributed by atoms with van der Waals surface area (Å²) >= 11 is 6.64. The lowest BCUT2D eigenvalue weighted by Gasteiger charge is -1.99. The van der Waals surface area contributed by atoms with E-state index >= 15 is 0 Å². The largest absolute Gasteiger partial charge is 0.444 e. The standard InChI is InChI=1S/C13H16Br2O2/c1-2-3-4-5-6-7-10-11(8-14)17-12(9-16)13(10)15/h8H,2-7H2,1H3/b11-8-. The van der Waals surface area contributed by atoms with E-state index in [1.807, 2.05) is 0 Å². The van der Waals surface area contributed by atoms with Crippen LogP contribution in [0.15, 0.2) is 8.89 Å². The number of rotatable bonds is 6. The van der Waals surface area contributed by atoms with Gasteiger partial charge in [0, 0.05) is 10.5 Å². The second-order valence-corrected chi connectivity index (χ2v) is 5.21. The second-order valence-electron chi connectivity index (χ2n) is 3.96. The van der Waals surface area contributed by atoms with Crippen LogP contribution in [0.4, 0.5) is 0 Å². The molecule has 1 aromatic rings. The van der Waals surface area contributed by atoms with Gasteiger partial charge in [-0.3, -0.25) is 0 Å². The van der Waals surface area contributed by atoms with Crippen LogP contribution >= 0.6 is 31.9 Å². The summed E-state index contributed by atoms with van der Waals surface area (Å²) in [6, 6.07) is 0. The van der Waals surface area contributed by atoms with Crippen molar-refractivity contribution in [3.05, 3.63) is 20.9 Å². The predicted octanol–water partition coefficient (Wildman–Crippen LogP) is 3.19. The molecule has 0 radical (unpaired) electrons. The minimum atomic E-state index is 0.249. The van der Waals surface area contributed by atoms with E-state index in [9.17, 15) is 4.79 Å². The maximum absolute atomic E-state index is 10.6. The van der Waals surface area contributed by atoms with Gasteiger partial charge < -0.3 is 4.42 Å². The van der Waals surface area contributed by atoms with Gasteiger partial charge in [0.05, 0.1) is 4.47 Å². The van der Waals surface area contributed by atoms with E-state index in [1.54, 1.807) is 10.9 Å². The Morgan fingerprint density at radius 2 is 2.00 bits per heavy atom. The third-order valence-corrected chi connectivity index (χ3v) is 3.95. The van der Waals surface area contributed by atoms with Gasteiger partial charge in [0.2, 0.25) is 5.42 Å². The van der Waals surface area contributed by atoms with Crippen LogP contribution in [0.5, 0.6) is 0 Å². The molecule has 0 aromatic carbocycles. The molecule has 0 atom stereocenters. The molecule has 0 fully saturated rings. The molecule has 0 saturated heterocycles. The van der Waals surface area contributed by atoms with Crippen molar-refractivity contribution in [1.29, 1.82) is 0 Å². The van der Waals surface area contributed by atoms with E-state index in [0.717, 1.165) is 22.9 Å². The quantitative estimate of drug-likeness (QED) is 0.726. The summed E-state index contributed by atoms with van der Waals surface area (Å²) in [6.45, 7) is 2.21. The maximum atomic E-state index is 10.6. The monoisotopic (exact) mass is 362 g/mol. The minimum absolute atomic E-state index is 0.249. The van der Waals surface area contributed by atoms with E-state index in [2.05, 4.69) is 38.8 Å². The van der Waals surface area contributed by atoms with Crippen LogP contribution in [-0.2, 0) is 11.2 Å². The molecule has 0 aliphatic carbocycles. The van der Waals surface area contributed by atoms with E-state index in [0.29, 0.717) is 5.42 Å². The van der Waals surface area contributed by atoms with Crippen LogP contribution in [0.25, 0.3) is 4.99 Å². The Bertz CT molecular complexity index is 484. The fraction of sp³-hybridized carbons (Fsp3) is 0.538. The Morgan fingerprint density at radius 3 is 2.59 bits per heavy atom. The van der Waals surface area contributed by atoms with Gasteiger partial charge in [-0.25, -0.2) is 4.79 Å². The molecule has 4 heteroatoms. The molecular weight excluding hydrogens is 348 g/mol. The summed E-state index contributed by atoms with van der Waals surface area (Å²) in [5, 5.41) is 0. The Labute approximate surface area is 118 Å². The summed E-state index contributed by atoms with van der Waals surface area (Å²) in [5.74, 6) is 1.80. The van der Waals surface area contributed by atoms with E-state index < -0.39 is 0 Å². The zero-order valence-electron chi connectivity index (χ0n) is 9.89. The Balaban J connectivity index is 2.71. The number of furan rings is 1. The van der Waals surface area contributed by atoms with Crippen LogP contribution in [0.1, 0.15) is 44.6 Å². The molecule has 0 amide bonds. The van der Waals surface area contributed by atoms with Crippen LogP contribution in [0.2, 0.25) is 0 Å². The fourth-order valence-corrected chi connectivity index (χ4v) is 2.68. The lowest BCUT2D eigenvalue weighted by atomic mass is 10.1. The second kappa shape index (κ2) is 7.91. The molecule has 1 heterocycles. The van der Waals surface area contributed by atoms with Crippen molar-refractivity contribution in [2.75, 3.05) is 0 Å². The van der Waals surface area contributed by atoms with Gasteiger partial charge in [-0.05, 0) is 28.8 Å². The summed E-state index contributed by atoms with van der Waals surface area (Å²) in [7, 11) is 0. The van der Waals surface area contributed by atoms with Crippen molar-refractivity contribution in [2.24, 2.45) is 0 Å². The Morgan fingerprint density at radius 1 is 1.29 bits per heavy atom. The Hall–Kier alpha value is -0.310. The number of unbranched alkanes of at least 4 members (excludes halogenated alkanes) is 4. The minimum Gasteiger partial charge on any atom is -0.444 e. The average Bonchev–Trinajstić information content (AvgIpc) is 2.65. The third kappa shape index (κ3) is 4.13. The zero-order valence-corrected chi connectivity index (χ0v) is 13.1. The first-order chi connectivity index (χ1) is 8.24. The van der Waals surface area contributed by atoms with Gasteiger partial charge >= 0.3 is 0 Å². The first-order valence-corrected chi connectivity index (χ1v) is 7.58. The molecule has 0 bridgehead atoms. The molecule has 1 aromatic heterocycles. The average molecular weight is 364 g/mol. The molecule has 0 aliphatic rings. The van der Waals surface area contributed by atoms with E-state index in [4.69, 9.17) is 4.42 Å². The van der Waals surface area contributed by atoms with Crippen molar-refractivity contribution in [2.45, 2.75) is 45.4 Å². The Kier molecular flexibility index (Phi) is 6.86. The number of carbonyl (C=O) groups excluding carboxylic acids is 1. The van der Waals surface area contributed by atoms with Crippen molar-refractivity contribution in [3.8, 4) is 0 Å². The van der Waals surface area contributed by atoms with Gasteiger partial charge in [-0.2, -0.15) is 0 Å². The summed E-state index contributed by atoms with van der Waals surface area (Å²) in [6.07, 6.45) is 7.06. The highest BCUT2D eigenvalue weighted by molar-refractivity contribution is 9.14. The molecule has 0 N–H and O–H groups in total. The smallest absolute Gasteiger partial charge is 0.225 e. The highest BCUT2D eigenvalue weighted by atomic mass is 79.9. The van der Waals surface area contributed by atoms with Gasteiger partial charge in [-0.1, -0.05) is 48.5 Å². The first kappa shape index (κ1) is 14.7. The lowest BCUT2D eigenvalue weighted by Crippen LogP contribution is -2.03. The molecule has 0 unspecified atom stereocenters. The molecule has 0 spiro atoms. The van der Waals surface area contributed by atoms with Gasteiger partial charge in [0.1, 0.15) is 5.42 Å². The summed E-state index contributed by atoms with van der Waals surface area (Å²) in [4.78, 5) is 12.4. The van der Waals surface area contributed by atoms with Gasteiger partial charge in [0.15, 0.2) is 5.94 Å². The van der Waals surface area contributed by atoms with Crippen molar-refractivity contribution in [3.63, 3.8) is 0 Å². The number of halogens is 2. The molecule has 2 nitrogen and oxygen atoms in total. The SMILES string of the molecule is CCCCCCCc1c(Br)c(=C=O)o/c1=C\Br. The molecule has 0 saturated carbocycles. The highest BCUT2D eigenvalue weighted by Gasteiger charge is 2.09. The number of hydrogen-bond acceptors (Lipinski definition) is 2. The van der Waals surface area contributed by atoms with Crippen LogP contribution in [0.3, 0.4) is 0 Å². The molecule has 94 valence electrons. The van der Waals surface area contributed by atoms with Crippen molar-refractivity contribution in [1.82, 2.24) is 0 Å². The van der Waals surface area contributed by atoms with Gasteiger partial charge in [-0.15, -0.1) is 0 Å². The lowest BCUT2D eigenvalue weighted by molar-refractivity contribution is 0.487.